The monoisotopic (exact) mass is 215 g/mol. The van der Waals surface area contributed by atoms with Crippen molar-refractivity contribution in [3.05, 3.63) is 30.1 Å². The molecule has 0 saturated carbocycles. The minimum absolute atomic E-state index is 0.822. The molecular formula is C13H17N3. The summed E-state index contributed by atoms with van der Waals surface area (Å²) in [5, 5.41) is 3.41. The van der Waals surface area contributed by atoms with Gasteiger partial charge in [0.1, 0.15) is 0 Å². The Bertz CT molecular complexity index is 469. The van der Waals surface area contributed by atoms with Gasteiger partial charge in [0.05, 0.1) is 11.0 Å². The minimum atomic E-state index is 0.822. The van der Waals surface area contributed by atoms with Crippen LogP contribution in [-0.4, -0.2) is 23.1 Å². The first kappa shape index (κ1) is 9.85. The second kappa shape index (κ2) is 4.26. The molecule has 1 saturated heterocycles. The van der Waals surface area contributed by atoms with E-state index in [-0.39, 0.29) is 0 Å². The molecule has 2 aromatic heterocycles. The van der Waals surface area contributed by atoms with Crippen LogP contribution in [0.25, 0.3) is 11.0 Å². The number of fused-ring (bicyclic) bond motifs is 1. The van der Waals surface area contributed by atoms with Crippen molar-refractivity contribution in [2.45, 2.75) is 19.3 Å². The number of piperidine rings is 1. The second-order valence-electron chi connectivity index (χ2n) is 4.61. The molecule has 0 aromatic carbocycles. The van der Waals surface area contributed by atoms with Crippen LogP contribution >= 0.6 is 0 Å². The molecule has 0 spiro atoms. The van der Waals surface area contributed by atoms with E-state index in [9.17, 15) is 0 Å². The Morgan fingerprint density at radius 1 is 1.31 bits per heavy atom. The maximum Gasteiger partial charge on any atom is 0.0910 e. The fraction of sp³-hybridized carbons (Fsp3) is 0.462. The summed E-state index contributed by atoms with van der Waals surface area (Å²) in [4.78, 5) is 7.76. The van der Waals surface area contributed by atoms with Gasteiger partial charge in [-0.2, -0.15) is 0 Å². The lowest BCUT2D eigenvalue weighted by Crippen LogP contribution is -2.28. The van der Waals surface area contributed by atoms with Crippen LogP contribution in [0.1, 0.15) is 18.4 Å². The molecule has 0 atom stereocenters. The van der Waals surface area contributed by atoms with Crippen LogP contribution in [0.2, 0.25) is 0 Å². The third-order valence-corrected chi connectivity index (χ3v) is 3.48. The first-order valence-electron chi connectivity index (χ1n) is 6.05. The van der Waals surface area contributed by atoms with Gasteiger partial charge in [0.15, 0.2) is 0 Å². The van der Waals surface area contributed by atoms with Crippen LogP contribution in [0.3, 0.4) is 0 Å². The average molecular weight is 215 g/mol. The van der Waals surface area contributed by atoms with Crippen LogP contribution in [0, 0.1) is 5.92 Å². The molecule has 0 amide bonds. The molecule has 0 radical (unpaired) electrons. The Balaban J connectivity index is 1.83. The van der Waals surface area contributed by atoms with Gasteiger partial charge in [-0.05, 0) is 56.0 Å². The molecule has 2 N–H and O–H groups in total. The number of nitrogens with zero attached hydrogens (tertiary/aromatic N) is 1. The van der Waals surface area contributed by atoms with Crippen molar-refractivity contribution in [3.8, 4) is 0 Å². The van der Waals surface area contributed by atoms with Crippen molar-refractivity contribution in [2.75, 3.05) is 13.1 Å². The third-order valence-electron chi connectivity index (χ3n) is 3.48. The van der Waals surface area contributed by atoms with Gasteiger partial charge in [-0.1, -0.05) is 0 Å². The highest BCUT2D eigenvalue weighted by atomic mass is 14.9. The zero-order valence-electron chi connectivity index (χ0n) is 9.37. The molecule has 1 fully saturated rings. The average Bonchev–Trinajstić information content (AvgIpc) is 2.74. The van der Waals surface area contributed by atoms with Crippen molar-refractivity contribution < 1.29 is 0 Å². The number of rotatable bonds is 2. The van der Waals surface area contributed by atoms with Crippen molar-refractivity contribution in [2.24, 2.45) is 5.92 Å². The molecule has 0 bridgehead atoms. The normalized spacial score (nSPS) is 18.0. The van der Waals surface area contributed by atoms with Crippen LogP contribution in [0.5, 0.6) is 0 Å². The van der Waals surface area contributed by atoms with Gasteiger partial charge in [0.2, 0.25) is 0 Å². The Labute approximate surface area is 95.3 Å². The Kier molecular flexibility index (Phi) is 2.62. The highest BCUT2D eigenvalue weighted by molar-refractivity contribution is 5.78. The predicted octanol–water partition coefficient (Wildman–Crippen LogP) is 2.10. The van der Waals surface area contributed by atoms with Gasteiger partial charge in [-0.25, -0.2) is 0 Å². The molecule has 0 unspecified atom stereocenters. The Morgan fingerprint density at radius 2 is 2.19 bits per heavy atom. The maximum atomic E-state index is 4.46. The van der Waals surface area contributed by atoms with E-state index in [1.165, 1.54) is 37.9 Å². The van der Waals surface area contributed by atoms with E-state index < -0.39 is 0 Å². The summed E-state index contributed by atoms with van der Waals surface area (Å²) in [5.74, 6) is 0.822. The standard InChI is InChI=1S/C13H17N3/c1-2-12-13(15-5-1)11(9-16-12)8-10-3-6-14-7-4-10/h1-2,5,9-10,14,16H,3-4,6-8H2. The summed E-state index contributed by atoms with van der Waals surface area (Å²) in [6, 6.07) is 4.07. The zero-order valence-corrected chi connectivity index (χ0v) is 9.37. The van der Waals surface area contributed by atoms with E-state index in [1.807, 2.05) is 12.3 Å². The number of aromatic nitrogens is 2. The van der Waals surface area contributed by atoms with Crippen molar-refractivity contribution >= 4 is 11.0 Å². The van der Waals surface area contributed by atoms with Crippen LogP contribution in [-0.2, 0) is 6.42 Å². The molecule has 2 aromatic rings. The first-order valence-corrected chi connectivity index (χ1v) is 6.05. The molecule has 16 heavy (non-hydrogen) atoms. The minimum Gasteiger partial charge on any atom is -0.360 e. The second-order valence-corrected chi connectivity index (χ2v) is 4.61. The fourth-order valence-electron chi connectivity index (χ4n) is 2.56. The van der Waals surface area contributed by atoms with E-state index in [0.717, 1.165) is 17.0 Å². The summed E-state index contributed by atoms with van der Waals surface area (Å²) in [7, 11) is 0. The van der Waals surface area contributed by atoms with E-state index in [1.54, 1.807) is 0 Å². The largest absolute Gasteiger partial charge is 0.360 e. The molecule has 3 nitrogen and oxygen atoms in total. The highest BCUT2D eigenvalue weighted by Gasteiger charge is 2.15. The van der Waals surface area contributed by atoms with E-state index in [2.05, 4.69) is 27.5 Å². The van der Waals surface area contributed by atoms with Gasteiger partial charge in [-0.15, -0.1) is 0 Å². The fourth-order valence-corrected chi connectivity index (χ4v) is 2.56. The Hall–Kier alpha value is -1.35. The topological polar surface area (TPSA) is 40.7 Å². The quantitative estimate of drug-likeness (QED) is 0.805. The molecular weight excluding hydrogens is 198 g/mol. The van der Waals surface area contributed by atoms with E-state index >= 15 is 0 Å². The number of pyridine rings is 1. The molecule has 3 heteroatoms. The van der Waals surface area contributed by atoms with Gasteiger partial charge < -0.3 is 10.3 Å². The SMILES string of the molecule is c1cnc2c(CC3CCNCC3)c[nH]c2c1. The van der Waals surface area contributed by atoms with Crippen LogP contribution < -0.4 is 5.32 Å². The molecule has 3 heterocycles. The lowest BCUT2D eigenvalue weighted by Gasteiger charge is -2.22. The number of hydrogen-bond acceptors (Lipinski definition) is 2. The number of H-pyrrole nitrogens is 1. The summed E-state index contributed by atoms with van der Waals surface area (Å²) in [6.45, 7) is 2.33. The van der Waals surface area contributed by atoms with E-state index in [4.69, 9.17) is 0 Å². The summed E-state index contributed by atoms with van der Waals surface area (Å²) in [6.07, 6.45) is 7.75. The molecule has 1 aliphatic heterocycles. The number of hydrogen-bond donors (Lipinski definition) is 2. The smallest absolute Gasteiger partial charge is 0.0910 e. The highest BCUT2D eigenvalue weighted by Crippen LogP contribution is 2.22. The molecule has 84 valence electrons. The molecule has 0 aliphatic carbocycles. The molecule has 3 rings (SSSR count). The third kappa shape index (κ3) is 1.83. The van der Waals surface area contributed by atoms with E-state index in [0.29, 0.717) is 0 Å². The number of nitrogens with one attached hydrogen (secondary N) is 2. The summed E-state index contributed by atoms with van der Waals surface area (Å²) in [5.41, 5.74) is 3.69. The molecule has 1 aliphatic rings. The maximum absolute atomic E-state index is 4.46. The first-order chi connectivity index (χ1) is 7.93. The zero-order chi connectivity index (χ0) is 10.8. The lowest BCUT2D eigenvalue weighted by atomic mass is 9.92. The van der Waals surface area contributed by atoms with Gasteiger partial charge in [-0.3, -0.25) is 4.98 Å². The van der Waals surface area contributed by atoms with Gasteiger partial charge >= 0.3 is 0 Å². The number of aromatic amines is 1. The summed E-state index contributed by atoms with van der Waals surface area (Å²) < 4.78 is 0. The van der Waals surface area contributed by atoms with Crippen LogP contribution in [0.4, 0.5) is 0 Å². The summed E-state index contributed by atoms with van der Waals surface area (Å²) >= 11 is 0. The van der Waals surface area contributed by atoms with Gasteiger partial charge in [0.25, 0.3) is 0 Å². The lowest BCUT2D eigenvalue weighted by molar-refractivity contribution is 0.373. The van der Waals surface area contributed by atoms with Crippen molar-refractivity contribution in [1.29, 1.82) is 0 Å². The predicted molar refractivity (Wildman–Crippen MR) is 65.4 cm³/mol. The van der Waals surface area contributed by atoms with Crippen LogP contribution in [0.15, 0.2) is 24.5 Å². The Morgan fingerprint density at radius 3 is 3.06 bits per heavy atom. The van der Waals surface area contributed by atoms with Crippen molar-refractivity contribution in [1.82, 2.24) is 15.3 Å². The van der Waals surface area contributed by atoms with Crippen molar-refractivity contribution in [3.63, 3.8) is 0 Å². The van der Waals surface area contributed by atoms with Gasteiger partial charge in [0, 0.05) is 12.4 Å².